The minimum absolute atomic E-state index is 0.199. The van der Waals surface area contributed by atoms with Crippen molar-refractivity contribution in [3.05, 3.63) is 71.8 Å². The number of nitrogens with one attached hydrogen (secondary N) is 1. The number of nitrogens with two attached hydrogens (primary N) is 1. The number of anilines is 1. The average Bonchev–Trinajstić information content (AvgIpc) is 3.26. The normalized spacial score (nSPS) is 24.2. The molecule has 204 valence electrons. The van der Waals surface area contributed by atoms with E-state index in [4.69, 9.17) is 19.9 Å². The van der Waals surface area contributed by atoms with Crippen LogP contribution in [0.1, 0.15) is 11.1 Å². The van der Waals surface area contributed by atoms with Gasteiger partial charge in [0.1, 0.15) is 17.0 Å². The Morgan fingerprint density at radius 2 is 1.79 bits per heavy atom. The summed E-state index contributed by atoms with van der Waals surface area (Å²) < 4.78 is 75.3. The Labute approximate surface area is 219 Å². The third-order valence-corrected chi connectivity index (χ3v) is 6.90. The van der Waals surface area contributed by atoms with Crippen LogP contribution in [-0.2, 0) is 24.5 Å². The Balaban J connectivity index is 1.48. The number of pyridine rings is 1. The van der Waals surface area contributed by atoms with Gasteiger partial charge < -0.3 is 23.8 Å². The number of rotatable bonds is 3. The van der Waals surface area contributed by atoms with Crippen molar-refractivity contribution in [3.8, 4) is 22.6 Å². The summed E-state index contributed by atoms with van der Waals surface area (Å²) in [5, 5.41) is 2.80. The van der Waals surface area contributed by atoms with Crippen molar-refractivity contribution in [2.24, 2.45) is 5.73 Å². The molecule has 3 aromatic rings. The number of benzene rings is 2. The topological polar surface area (TPSA) is 108 Å². The number of hydrogen-bond donors (Lipinski definition) is 2. The quantitative estimate of drug-likeness (QED) is 0.221. The van der Waals surface area contributed by atoms with Crippen molar-refractivity contribution < 1.29 is 41.3 Å². The molecular formula is C26H22F4N4O5. The van der Waals surface area contributed by atoms with Gasteiger partial charge in [-0.25, -0.2) is 15.1 Å². The Kier molecular flexibility index (Phi) is 5.99. The summed E-state index contributed by atoms with van der Waals surface area (Å²) >= 11 is 0. The predicted octanol–water partition coefficient (Wildman–Crippen LogP) is 3.37. The zero-order valence-corrected chi connectivity index (χ0v) is 20.3. The SMILES string of the molecule is NC1(OC(=O)C(F)(F)F)NC2(CO1)c1cc(-c3cccnc3F)ccc1Oc1ccc(N3CCOCC3)cc12. The fourth-order valence-electron chi connectivity index (χ4n) is 5.07. The number of fused-ring (bicyclic) bond motifs is 4. The van der Waals surface area contributed by atoms with Gasteiger partial charge in [0.25, 0.3) is 0 Å². The van der Waals surface area contributed by atoms with Crippen molar-refractivity contribution in [2.45, 2.75) is 17.8 Å². The van der Waals surface area contributed by atoms with Crippen LogP contribution < -0.4 is 20.7 Å². The second-order valence-corrected chi connectivity index (χ2v) is 9.31. The summed E-state index contributed by atoms with van der Waals surface area (Å²) in [5.74, 6) is -2.50. The molecule has 9 nitrogen and oxygen atoms in total. The summed E-state index contributed by atoms with van der Waals surface area (Å²) in [7, 11) is 0. The molecule has 2 fully saturated rings. The van der Waals surface area contributed by atoms with Crippen LogP contribution in [0.15, 0.2) is 54.7 Å². The molecule has 1 spiro atoms. The second-order valence-electron chi connectivity index (χ2n) is 9.31. The molecule has 2 unspecified atom stereocenters. The third-order valence-electron chi connectivity index (χ3n) is 6.90. The van der Waals surface area contributed by atoms with Gasteiger partial charge in [-0.1, -0.05) is 6.07 Å². The van der Waals surface area contributed by atoms with Crippen LogP contribution in [0.2, 0.25) is 0 Å². The highest BCUT2D eigenvalue weighted by atomic mass is 19.4. The molecule has 13 heteroatoms. The summed E-state index contributed by atoms with van der Waals surface area (Å²) in [6, 6.07) is 10.8. The molecule has 3 aliphatic rings. The van der Waals surface area contributed by atoms with E-state index in [2.05, 4.69) is 19.9 Å². The van der Waals surface area contributed by atoms with Crippen molar-refractivity contribution in [1.82, 2.24) is 10.3 Å². The van der Waals surface area contributed by atoms with Gasteiger partial charge >= 0.3 is 18.2 Å². The largest absolute Gasteiger partial charge is 0.491 e. The number of nitrogens with zero attached hydrogens (tertiary/aromatic N) is 2. The van der Waals surface area contributed by atoms with Gasteiger partial charge in [0.15, 0.2) is 0 Å². The van der Waals surface area contributed by atoms with E-state index < -0.39 is 29.7 Å². The van der Waals surface area contributed by atoms with E-state index in [1.165, 1.54) is 6.20 Å². The maximum atomic E-state index is 14.6. The smallest absolute Gasteiger partial charge is 0.457 e. The molecule has 3 aliphatic heterocycles. The van der Waals surface area contributed by atoms with E-state index in [9.17, 15) is 22.4 Å². The fraction of sp³-hybridized carbons (Fsp3) is 0.308. The van der Waals surface area contributed by atoms with Crippen molar-refractivity contribution in [2.75, 3.05) is 37.8 Å². The Morgan fingerprint density at radius 1 is 1.08 bits per heavy atom. The number of aromatic nitrogens is 1. The first kappa shape index (κ1) is 25.5. The first-order valence-corrected chi connectivity index (χ1v) is 12.0. The van der Waals surface area contributed by atoms with Gasteiger partial charge in [0.2, 0.25) is 5.95 Å². The van der Waals surface area contributed by atoms with E-state index in [0.717, 1.165) is 5.69 Å². The van der Waals surface area contributed by atoms with Crippen molar-refractivity contribution in [1.29, 1.82) is 0 Å². The van der Waals surface area contributed by atoms with E-state index in [-0.39, 0.29) is 12.2 Å². The number of halogens is 4. The number of carbonyl (C=O) groups excluding carboxylic acids is 1. The number of esters is 1. The van der Waals surface area contributed by atoms with Gasteiger partial charge in [-0.15, -0.1) is 0 Å². The molecule has 39 heavy (non-hydrogen) atoms. The first-order valence-electron chi connectivity index (χ1n) is 12.0. The lowest BCUT2D eigenvalue weighted by Gasteiger charge is -2.38. The molecule has 2 saturated heterocycles. The van der Waals surface area contributed by atoms with E-state index in [1.807, 2.05) is 12.1 Å². The Bertz CT molecular complexity index is 1450. The number of hydrogen-bond acceptors (Lipinski definition) is 9. The molecular weight excluding hydrogens is 524 g/mol. The minimum atomic E-state index is -5.30. The van der Waals surface area contributed by atoms with Crippen LogP contribution in [0, 0.1) is 5.95 Å². The molecule has 1 aromatic heterocycles. The van der Waals surface area contributed by atoms with Gasteiger partial charge in [-0.2, -0.15) is 17.6 Å². The third kappa shape index (κ3) is 4.46. The highest BCUT2D eigenvalue weighted by molar-refractivity contribution is 5.76. The predicted molar refractivity (Wildman–Crippen MR) is 128 cm³/mol. The van der Waals surface area contributed by atoms with Crippen LogP contribution in [0.4, 0.5) is 23.2 Å². The standard InChI is InChI=1S/C26H22F4N4O5/c27-22-17(2-1-7-32-22)15-3-5-20-18(12-15)24(14-37-26(31,33-24)39-23(35)25(28,29)30)19-13-16(4-6-21(19)38-20)34-8-10-36-11-9-34/h1-7,12-13,33H,8-11,14,31H2. The molecule has 0 bridgehead atoms. The molecule has 0 saturated carbocycles. The van der Waals surface area contributed by atoms with Gasteiger partial charge in [-0.3, -0.25) is 5.73 Å². The Morgan fingerprint density at radius 3 is 2.51 bits per heavy atom. The molecule has 0 aliphatic carbocycles. The zero-order chi connectivity index (χ0) is 27.4. The fourth-order valence-corrected chi connectivity index (χ4v) is 5.07. The van der Waals surface area contributed by atoms with Crippen molar-refractivity contribution in [3.63, 3.8) is 0 Å². The lowest BCUT2D eigenvalue weighted by molar-refractivity contribution is -0.254. The number of morpholine rings is 1. The molecule has 2 aromatic carbocycles. The zero-order valence-electron chi connectivity index (χ0n) is 20.3. The number of ether oxygens (including phenoxy) is 4. The van der Waals surface area contributed by atoms with Gasteiger partial charge in [0, 0.05) is 41.7 Å². The van der Waals surface area contributed by atoms with Crippen LogP contribution in [0.3, 0.4) is 0 Å². The minimum Gasteiger partial charge on any atom is -0.457 e. The monoisotopic (exact) mass is 546 g/mol. The highest BCUT2D eigenvalue weighted by Gasteiger charge is 2.57. The van der Waals surface area contributed by atoms with E-state index >= 15 is 0 Å². The van der Waals surface area contributed by atoms with Crippen LogP contribution >= 0.6 is 0 Å². The molecule has 3 N–H and O–H groups in total. The molecule has 4 heterocycles. The summed E-state index contributed by atoms with van der Waals surface area (Å²) in [6.07, 6.45) is -3.98. The number of alkyl halides is 3. The van der Waals surface area contributed by atoms with Crippen LogP contribution in [0.25, 0.3) is 11.1 Å². The highest BCUT2D eigenvalue weighted by Crippen LogP contribution is 2.52. The average molecular weight is 546 g/mol. The summed E-state index contributed by atoms with van der Waals surface area (Å²) in [5.41, 5.74) is 6.90. The van der Waals surface area contributed by atoms with Gasteiger partial charge in [0.05, 0.1) is 19.8 Å². The summed E-state index contributed by atoms with van der Waals surface area (Å²) in [4.78, 5) is 17.5. The first-order chi connectivity index (χ1) is 18.6. The molecule has 0 radical (unpaired) electrons. The van der Waals surface area contributed by atoms with E-state index in [0.29, 0.717) is 54.5 Å². The van der Waals surface area contributed by atoms with E-state index in [1.54, 1.807) is 36.4 Å². The summed E-state index contributed by atoms with van der Waals surface area (Å²) in [6.45, 7) is 1.98. The second kappa shape index (κ2) is 9.16. The van der Waals surface area contributed by atoms with Gasteiger partial charge in [-0.05, 0) is 48.0 Å². The Hall–Kier alpha value is -3.78. The lowest BCUT2D eigenvalue weighted by atomic mass is 9.79. The maximum absolute atomic E-state index is 14.6. The van der Waals surface area contributed by atoms with Crippen molar-refractivity contribution >= 4 is 11.7 Å². The number of carbonyl (C=O) groups is 1. The lowest BCUT2D eigenvalue weighted by Crippen LogP contribution is -2.60. The molecule has 0 amide bonds. The molecule has 2 atom stereocenters. The maximum Gasteiger partial charge on any atom is 0.491 e. The van der Waals surface area contributed by atoms with Crippen LogP contribution in [0.5, 0.6) is 11.5 Å². The molecule has 6 rings (SSSR count). The van der Waals surface area contributed by atoms with Crippen LogP contribution in [-0.4, -0.2) is 56.1 Å².